The SMILES string of the molecule is CC(O)CNC(=O)C(S)C(S)C(=O)O. The Kier molecular flexibility index (Phi) is 5.98. The van der Waals surface area contributed by atoms with Gasteiger partial charge in [-0.2, -0.15) is 25.3 Å². The molecule has 3 atom stereocenters. The largest absolute Gasteiger partial charge is 0.480 e. The molecular weight excluding hydrogens is 226 g/mol. The van der Waals surface area contributed by atoms with Crippen LogP contribution in [-0.2, 0) is 9.59 Å². The molecule has 0 heterocycles. The lowest BCUT2D eigenvalue weighted by atomic mass is 10.2. The van der Waals surface area contributed by atoms with E-state index >= 15 is 0 Å². The van der Waals surface area contributed by atoms with E-state index in [4.69, 9.17) is 10.2 Å². The first-order valence-corrected chi connectivity index (χ1v) is 4.94. The molecule has 0 aliphatic rings. The summed E-state index contributed by atoms with van der Waals surface area (Å²) in [7, 11) is 0. The van der Waals surface area contributed by atoms with Gasteiger partial charge in [0.1, 0.15) is 10.5 Å². The summed E-state index contributed by atoms with van der Waals surface area (Å²) in [6, 6.07) is 0. The number of carboxylic acid groups (broad SMARTS) is 1. The van der Waals surface area contributed by atoms with Gasteiger partial charge in [-0.25, -0.2) is 0 Å². The molecule has 0 radical (unpaired) electrons. The summed E-state index contributed by atoms with van der Waals surface area (Å²) in [5, 5.41) is 17.5. The van der Waals surface area contributed by atoms with Crippen molar-refractivity contribution in [2.24, 2.45) is 0 Å². The molecule has 0 bridgehead atoms. The standard InChI is InChI=1S/C7H13NO4S2/c1-3(9)2-8-6(10)4(13)5(14)7(11)12/h3-5,9,13-14H,2H2,1H3,(H,8,10)(H,11,12). The fraction of sp³-hybridized carbons (Fsp3) is 0.714. The number of hydrogen-bond donors (Lipinski definition) is 5. The number of carbonyl (C=O) groups is 2. The summed E-state index contributed by atoms with van der Waals surface area (Å²) in [5.41, 5.74) is 0. The van der Waals surface area contributed by atoms with Crippen molar-refractivity contribution in [2.45, 2.75) is 23.5 Å². The molecule has 5 nitrogen and oxygen atoms in total. The van der Waals surface area contributed by atoms with Gasteiger partial charge in [0.2, 0.25) is 5.91 Å². The van der Waals surface area contributed by atoms with E-state index in [0.29, 0.717) is 0 Å². The predicted octanol–water partition coefficient (Wildman–Crippen LogP) is -0.835. The van der Waals surface area contributed by atoms with Crippen LogP contribution in [0.4, 0.5) is 0 Å². The fourth-order valence-corrected chi connectivity index (χ4v) is 0.986. The van der Waals surface area contributed by atoms with Gasteiger partial charge >= 0.3 is 5.97 Å². The molecule has 3 N–H and O–H groups in total. The number of amides is 1. The van der Waals surface area contributed by atoms with Crippen LogP contribution >= 0.6 is 25.3 Å². The summed E-state index contributed by atoms with van der Waals surface area (Å²) in [4.78, 5) is 21.6. The van der Waals surface area contributed by atoms with E-state index in [9.17, 15) is 9.59 Å². The first-order chi connectivity index (χ1) is 6.36. The normalized spacial score (nSPS) is 16.9. The molecule has 0 aromatic heterocycles. The number of aliphatic hydroxyl groups excluding tert-OH is 1. The molecule has 1 amide bonds. The van der Waals surface area contributed by atoms with Crippen LogP contribution in [0.15, 0.2) is 0 Å². The molecule has 0 spiro atoms. The van der Waals surface area contributed by atoms with Crippen LogP contribution < -0.4 is 5.32 Å². The summed E-state index contributed by atoms with van der Waals surface area (Å²) in [6.45, 7) is 1.57. The number of carboxylic acids is 1. The van der Waals surface area contributed by atoms with Crippen LogP contribution in [0.1, 0.15) is 6.92 Å². The first-order valence-electron chi connectivity index (χ1n) is 3.91. The van der Waals surface area contributed by atoms with Gasteiger partial charge in [0.05, 0.1) is 6.10 Å². The van der Waals surface area contributed by atoms with Crippen molar-refractivity contribution in [3.8, 4) is 0 Å². The maximum Gasteiger partial charge on any atom is 0.318 e. The minimum Gasteiger partial charge on any atom is -0.480 e. The van der Waals surface area contributed by atoms with Gasteiger partial charge in [0.15, 0.2) is 0 Å². The Balaban J connectivity index is 4.05. The zero-order valence-electron chi connectivity index (χ0n) is 7.54. The van der Waals surface area contributed by atoms with Gasteiger partial charge in [0, 0.05) is 6.54 Å². The van der Waals surface area contributed by atoms with Crippen molar-refractivity contribution in [3.63, 3.8) is 0 Å². The molecule has 14 heavy (non-hydrogen) atoms. The molecule has 0 aliphatic carbocycles. The van der Waals surface area contributed by atoms with Gasteiger partial charge in [-0.15, -0.1) is 0 Å². The van der Waals surface area contributed by atoms with E-state index in [2.05, 4.69) is 30.6 Å². The minimum atomic E-state index is -1.21. The molecule has 3 unspecified atom stereocenters. The van der Waals surface area contributed by atoms with E-state index in [1.165, 1.54) is 6.92 Å². The van der Waals surface area contributed by atoms with E-state index in [1.54, 1.807) is 0 Å². The third-order valence-corrected chi connectivity index (χ3v) is 2.68. The lowest BCUT2D eigenvalue weighted by molar-refractivity contribution is -0.137. The Labute approximate surface area is 92.7 Å². The van der Waals surface area contributed by atoms with E-state index < -0.39 is 28.5 Å². The number of aliphatic hydroxyl groups is 1. The van der Waals surface area contributed by atoms with Gasteiger partial charge in [-0.3, -0.25) is 9.59 Å². The van der Waals surface area contributed by atoms with Crippen molar-refractivity contribution in [1.82, 2.24) is 5.32 Å². The molecule has 82 valence electrons. The van der Waals surface area contributed by atoms with Crippen LogP contribution in [0.2, 0.25) is 0 Å². The Morgan fingerprint density at radius 1 is 1.36 bits per heavy atom. The van der Waals surface area contributed by atoms with Crippen molar-refractivity contribution in [2.75, 3.05) is 6.54 Å². The highest BCUT2D eigenvalue weighted by molar-refractivity contribution is 7.86. The molecular formula is C7H13NO4S2. The molecule has 0 saturated carbocycles. The summed E-state index contributed by atoms with van der Waals surface area (Å²) in [6.07, 6.45) is -0.678. The van der Waals surface area contributed by atoms with Gasteiger partial charge in [0.25, 0.3) is 0 Å². The average Bonchev–Trinajstić information content (AvgIpc) is 2.11. The number of carbonyl (C=O) groups excluding carboxylic acids is 1. The molecule has 0 aromatic rings. The lowest BCUT2D eigenvalue weighted by Crippen LogP contribution is -2.42. The highest BCUT2D eigenvalue weighted by Crippen LogP contribution is 2.09. The monoisotopic (exact) mass is 239 g/mol. The zero-order chi connectivity index (χ0) is 11.3. The van der Waals surface area contributed by atoms with E-state index in [-0.39, 0.29) is 6.54 Å². The topological polar surface area (TPSA) is 86.6 Å². The summed E-state index contributed by atoms with van der Waals surface area (Å²) < 4.78 is 0. The van der Waals surface area contributed by atoms with Crippen molar-refractivity contribution in [1.29, 1.82) is 0 Å². The van der Waals surface area contributed by atoms with Gasteiger partial charge in [-0.1, -0.05) is 0 Å². The van der Waals surface area contributed by atoms with Crippen molar-refractivity contribution < 1.29 is 19.8 Å². The van der Waals surface area contributed by atoms with Crippen LogP contribution in [0.3, 0.4) is 0 Å². The maximum absolute atomic E-state index is 11.2. The number of thiol groups is 2. The average molecular weight is 239 g/mol. The number of rotatable bonds is 5. The Hall–Kier alpha value is -0.400. The molecule has 0 aliphatic heterocycles. The highest BCUT2D eigenvalue weighted by Gasteiger charge is 2.27. The van der Waals surface area contributed by atoms with Gasteiger partial charge < -0.3 is 15.5 Å². The first kappa shape index (κ1) is 13.6. The summed E-state index contributed by atoms with van der Waals surface area (Å²) >= 11 is 7.52. The Morgan fingerprint density at radius 2 is 1.86 bits per heavy atom. The zero-order valence-corrected chi connectivity index (χ0v) is 9.33. The molecule has 0 fully saturated rings. The van der Waals surface area contributed by atoms with E-state index in [1.807, 2.05) is 0 Å². The second-order valence-electron chi connectivity index (χ2n) is 2.82. The predicted molar refractivity (Wildman–Crippen MR) is 57.9 cm³/mol. The minimum absolute atomic E-state index is 0.0655. The van der Waals surface area contributed by atoms with Crippen LogP contribution in [0.5, 0.6) is 0 Å². The maximum atomic E-state index is 11.2. The molecule has 0 saturated heterocycles. The Morgan fingerprint density at radius 3 is 2.21 bits per heavy atom. The third kappa shape index (κ3) is 4.73. The quantitative estimate of drug-likeness (QED) is 0.405. The second kappa shape index (κ2) is 6.15. The van der Waals surface area contributed by atoms with E-state index in [0.717, 1.165) is 0 Å². The molecule has 0 rings (SSSR count). The number of nitrogens with one attached hydrogen (secondary N) is 1. The lowest BCUT2D eigenvalue weighted by Gasteiger charge is -2.15. The smallest absolute Gasteiger partial charge is 0.318 e. The molecule has 7 heteroatoms. The van der Waals surface area contributed by atoms with Crippen molar-refractivity contribution >= 4 is 37.1 Å². The highest BCUT2D eigenvalue weighted by atomic mass is 32.1. The van der Waals surface area contributed by atoms with Crippen LogP contribution in [0.25, 0.3) is 0 Å². The summed E-state index contributed by atoms with van der Waals surface area (Å²) in [5.74, 6) is -1.77. The number of aliphatic carboxylic acids is 1. The Bertz CT molecular complexity index is 222. The van der Waals surface area contributed by atoms with Crippen molar-refractivity contribution in [3.05, 3.63) is 0 Å². The van der Waals surface area contributed by atoms with Crippen LogP contribution in [-0.4, -0.2) is 45.2 Å². The fourth-order valence-electron chi connectivity index (χ4n) is 0.631. The number of hydrogen-bond acceptors (Lipinski definition) is 5. The molecule has 0 aromatic carbocycles. The van der Waals surface area contributed by atoms with Crippen LogP contribution in [0, 0.1) is 0 Å². The van der Waals surface area contributed by atoms with Gasteiger partial charge in [-0.05, 0) is 6.92 Å². The second-order valence-corrected chi connectivity index (χ2v) is 3.93. The third-order valence-electron chi connectivity index (χ3n) is 1.39.